The molecule has 0 spiro atoms. The van der Waals surface area contributed by atoms with Gasteiger partial charge in [0, 0.05) is 7.05 Å². The number of hydrogen-bond acceptors (Lipinski definition) is 5. The number of nitrogens with one attached hydrogen (secondary N) is 1. The average Bonchev–Trinajstić information content (AvgIpc) is 2.65. The SMILES string of the molecule is CN(N)C(=O)C(N)c1ccc2[nH]c(=O)oc2c1. The molecule has 90 valence electrons. The van der Waals surface area contributed by atoms with E-state index in [-0.39, 0.29) is 0 Å². The second-order valence-electron chi connectivity index (χ2n) is 3.70. The fourth-order valence-electron chi connectivity index (χ4n) is 1.52. The van der Waals surface area contributed by atoms with Crippen molar-refractivity contribution in [3.63, 3.8) is 0 Å². The highest BCUT2D eigenvalue weighted by atomic mass is 16.4. The van der Waals surface area contributed by atoms with Gasteiger partial charge in [-0.2, -0.15) is 0 Å². The Hall–Kier alpha value is -2.12. The smallest absolute Gasteiger partial charge is 0.408 e. The number of aromatic nitrogens is 1. The first-order chi connectivity index (χ1) is 7.99. The summed E-state index contributed by atoms with van der Waals surface area (Å²) in [5.74, 6) is 4.34. The zero-order valence-electron chi connectivity index (χ0n) is 9.14. The molecule has 1 atom stereocenters. The van der Waals surface area contributed by atoms with Gasteiger partial charge in [-0.3, -0.25) is 14.8 Å². The first-order valence-electron chi connectivity index (χ1n) is 4.89. The van der Waals surface area contributed by atoms with Gasteiger partial charge < -0.3 is 10.2 Å². The number of likely N-dealkylation sites (N-methyl/N-ethyl adjacent to an activating group) is 1. The largest absolute Gasteiger partial charge is 0.417 e. The van der Waals surface area contributed by atoms with Crippen molar-refractivity contribution in [2.24, 2.45) is 11.6 Å². The van der Waals surface area contributed by atoms with Gasteiger partial charge in [-0.15, -0.1) is 0 Å². The molecule has 0 bridgehead atoms. The topological polar surface area (TPSA) is 118 Å². The van der Waals surface area contributed by atoms with Crippen LogP contribution in [0.25, 0.3) is 11.1 Å². The summed E-state index contributed by atoms with van der Waals surface area (Å²) in [6.45, 7) is 0. The van der Waals surface area contributed by atoms with Crippen molar-refractivity contribution in [1.82, 2.24) is 9.99 Å². The molecule has 1 aromatic heterocycles. The van der Waals surface area contributed by atoms with Gasteiger partial charge in [-0.05, 0) is 17.7 Å². The van der Waals surface area contributed by atoms with Crippen molar-refractivity contribution < 1.29 is 9.21 Å². The number of rotatable bonds is 2. The van der Waals surface area contributed by atoms with Crippen molar-refractivity contribution in [3.8, 4) is 0 Å². The minimum absolute atomic E-state index is 0.357. The highest BCUT2D eigenvalue weighted by molar-refractivity contribution is 5.84. The second-order valence-corrected chi connectivity index (χ2v) is 3.70. The predicted octanol–water partition coefficient (Wildman–Crippen LogP) is -0.547. The number of aromatic amines is 1. The molecule has 0 fully saturated rings. The van der Waals surface area contributed by atoms with E-state index >= 15 is 0 Å². The van der Waals surface area contributed by atoms with E-state index in [9.17, 15) is 9.59 Å². The third-order valence-electron chi connectivity index (χ3n) is 2.42. The molecular weight excluding hydrogens is 224 g/mol. The monoisotopic (exact) mass is 236 g/mol. The number of hydrogen-bond donors (Lipinski definition) is 3. The van der Waals surface area contributed by atoms with Gasteiger partial charge in [-0.25, -0.2) is 10.6 Å². The number of fused-ring (bicyclic) bond motifs is 1. The summed E-state index contributed by atoms with van der Waals surface area (Å²) in [6, 6.07) is 3.92. The minimum Gasteiger partial charge on any atom is -0.408 e. The number of oxazole rings is 1. The van der Waals surface area contributed by atoms with Crippen LogP contribution in [0.4, 0.5) is 0 Å². The molecule has 0 aliphatic rings. The van der Waals surface area contributed by atoms with Crippen molar-refractivity contribution in [2.75, 3.05) is 7.05 Å². The van der Waals surface area contributed by atoms with E-state index in [1.807, 2.05) is 0 Å². The maximum absolute atomic E-state index is 11.6. The van der Waals surface area contributed by atoms with E-state index < -0.39 is 17.7 Å². The summed E-state index contributed by atoms with van der Waals surface area (Å²) >= 11 is 0. The third-order valence-corrected chi connectivity index (χ3v) is 2.42. The third kappa shape index (κ3) is 2.05. The van der Waals surface area contributed by atoms with E-state index in [1.165, 1.54) is 7.05 Å². The number of carbonyl (C=O) groups is 1. The lowest BCUT2D eigenvalue weighted by Crippen LogP contribution is -2.40. The van der Waals surface area contributed by atoms with Crippen LogP contribution in [0.2, 0.25) is 0 Å². The number of hydrazine groups is 1. The van der Waals surface area contributed by atoms with Crippen LogP contribution >= 0.6 is 0 Å². The summed E-state index contributed by atoms with van der Waals surface area (Å²) in [6.07, 6.45) is 0. The Labute approximate surface area is 96.0 Å². The summed E-state index contributed by atoms with van der Waals surface area (Å²) in [4.78, 5) is 25.0. The molecule has 1 unspecified atom stereocenters. The Morgan fingerprint density at radius 1 is 1.53 bits per heavy atom. The zero-order chi connectivity index (χ0) is 12.6. The van der Waals surface area contributed by atoms with E-state index in [4.69, 9.17) is 16.0 Å². The Morgan fingerprint density at radius 2 is 2.24 bits per heavy atom. The first-order valence-corrected chi connectivity index (χ1v) is 4.89. The fourth-order valence-corrected chi connectivity index (χ4v) is 1.52. The zero-order valence-corrected chi connectivity index (χ0v) is 9.14. The molecule has 2 rings (SSSR count). The number of nitrogens with two attached hydrogens (primary N) is 2. The molecule has 0 saturated heterocycles. The van der Waals surface area contributed by atoms with Crippen LogP contribution < -0.4 is 17.3 Å². The molecule has 7 nitrogen and oxygen atoms in total. The van der Waals surface area contributed by atoms with Crippen LogP contribution in [0, 0.1) is 0 Å². The molecule has 2 aromatic rings. The van der Waals surface area contributed by atoms with Gasteiger partial charge in [0.15, 0.2) is 5.58 Å². The lowest BCUT2D eigenvalue weighted by Gasteiger charge is -2.16. The summed E-state index contributed by atoms with van der Waals surface area (Å²) in [5, 5.41) is 0.919. The highest BCUT2D eigenvalue weighted by Crippen LogP contribution is 2.17. The van der Waals surface area contributed by atoms with Gasteiger partial charge in [0.1, 0.15) is 6.04 Å². The van der Waals surface area contributed by atoms with Crippen LogP contribution in [0.1, 0.15) is 11.6 Å². The Morgan fingerprint density at radius 3 is 2.88 bits per heavy atom. The van der Waals surface area contributed by atoms with Crippen LogP contribution in [-0.4, -0.2) is 22.9 Å². The van der Waals surface area contributed by atoms with E-state index in [0.29, 0.717) is 16.7 Å². The van der Waals surface area contributed by atoms with Crippen LogP contribution in [0.5, 0.6) is 0 Å². The van der Waals surface area contributed by atoms with Crippen molar-refractivity contribution >= 4 is 17.0 Å². The van der Waals surface area contributed by atoms with Crippen LogP contribution in [-0.2, 0) is 4.79 Å². The lowest BCUT2D eigenvalue weighted by molar-refractivity contribution is -0.131. The summed E-state index contributed by atoms with van der Waals surface area (Å²) < 4.78 is 4.88. The molecule has 5 N–H and O–H groups in total. The van der Waals surface area contributed by atoms with Gasteiger partial charge in [-0.1, -0.05) is 6.07 Å². The van der Waals surface area contributed by atoms with Crippen molar-refractivity contribution in [1.29, 1.82) is 0 Å². The number of carbonyl (C=O) groups excluding carboxylic acids is 1. The van der Waals surface area contributed by atoms with E-state index in [1.54, 1.807) is 18.2 Å². The molecule has 0 saturated carbocycles. The lowest BCUT2D eigenvalue weighted by atomic mass is 10.1. The van der Waals surface area contributed by atoms with Gasteiger partial charge in [0.2, 0.25) is 0 Å². The van der Waals surface area contributed by atoms with Gasteiger partial charge in [0.05, 0.1) is 5.52 Å². The predicted molar refractivity (Wildman–Crippen MR) is 60.7 cm³/mol. The molecule has 17 heavy (non-hydrogen) atoms. The average molecular weight is 236 g/mol. The standard InChI is InChI=1S/C10H12N4O3/c1-14(12)9(15)8(11)5-2-3-6-7(4-5)17-10(16)13-6/h2-4,8H,11-12H2,1H3,(H,13,16). The second kappa shape index (κ2) is 4.04. The first kappa shape index (κ1) is 11.4. The molecule has 1 aromatic carbocycles. The molecule has 0 radical (unpaired) electrons. The van der Waals surface area contributed by atoms with Crippen LogP contribution in [0.3, 0.4) is 0 Å². The number of amides is 1. The molecule has 0 aliphatic carbocycles. The normalized spacial score (nSPS) is 12.6. The maximum atomic E-state index is 11.6. The molecular formula is C10H12N4O3. The Kier molecular flexibility index (Phi) is 2.70. The Bertz CT molecular complexity index is 613. The number of benzene rings is 1. The molecule has 1 heterocycles. The molecule has 7 heteroatoms. The Balaban J connectivity index is 2.42. The fraction of sp³-hybridized carbons (Fsp3) is 0.200. The molecule has 0 aliphatic heterocycles. The van der Waals surface area contributed by atoms with Crippen LogP contribution in [0.15, 0.2) is 27.4 Å². The summed E-state index contributed by atoms with van der Waals surface area (Å²) in [7, 11) is 1.41. The summed E-state index contributed by atoms with van der Waals surface area (Å²) in [5.41, 5.74) is 7.18. The van der Waals surface area contributed by atoms with Crippen molar-refractivity contribution in [2.45, 2.75) is 6.04 Å². The maximum Gasteiger partial charge on any atom is 0.417 e. The quantitative estimate of drug-likeness (QED) is 0.367. The van der Waals surface area contributed by atoms with E-state index in [0.717, 1.165) is 5.01 Å². The van der Waals surface area contributed by atoms with E-state index in [2.05, 4.69) is 4.98 Å². The highest BCUT2D eigenvalue weighted by Gasteiger charge is 2.18. The minimum atomic E-state index is -0.880. The van der Waals surface area contributed by atoms with Gasteiger partial charge >= 0.3 is 5.76 Å². The number of H-pyrrole nitrogens is 1. The van der Waals surface area contributed by atoms with Gasteiger partial charge in [0.25, 0.3) is 5.91 Å². The molecule has 1 amide bonds. The number of nitrogens with zero attached hydrogens (tertiary/aromatic N) is 1. The van der Waals surface area contributed by atoms with Crippen molar-refractivity contribution in [3.05, 3.63) is 34.3 Å².